The quantitative estimate of drug-likeness (QED) is 0.200. The summed E-state index contributed by atoms with van der Waals surface area (Å²) in [7, 11) is 0. The molecule has 4 aromatic rings. The van der Waals surface area contributed by atoms with Crippen LogP contribution < -0.4 is 0 Å². The second kappa shape index (κ2) is 10.4. The molecule has 0 N–H and O–H groups in total. The minimum absolute atomic E-state index is 0.0759. The smallest absolute Gasteiger partial charge is 0.236 e. The Balaban J connectivity index is 1.63. The van der Waals surface area contributed by atoms with Crippen LogP contribution in [0.25, 0.3) is 33.6 Å². The fourth-order valence-corrected chi connectivity index (χ4v) is 3.71. The molecule has 0 amide bonds. The van der Waals surface area contributed by atoms with E-state index in [4.69, 9.17) is 0 Å². The van der Waals surface area contributed by atoms with E-state index in [1.165, 1.54) is 30.2 Å². The minimum atomic E-state index is -4.93. The van der Waals surface area contributed by atoms with Gasteiger partial charge in [-0.2, -0.15) is 13.2 Å². The van der Waals surface area contributed by atoms with Gasteiger partial charge in [0.2, 0.25) is 0 Å². The van der Waals surface area contributed by atoms with Crippen LogP contribution in [-0.4, -0.2) is 16.1 Å². The van der Waals surface area contributed by atoms with Crippen molar-refractivity contribution in [3.05, 3.63) is 95.3 Å². The van der Waals surface area contributed by atoms with Gasteiger partial charge in [-0.1, -0.05) is 43.5 Å². The summed E-state index contributed by atoms with van der Waals surface area (Å²) in [6.07, 6.45) is 0.177. The van der Waals surface area contributed by atoms with Gasteiger partial charge in [0, 0.05) is 35.0 Å². The predicted octanol–water partition coefficient (Wildman–Crippen LogP) is 7.90. The molecule has 4 rings (SSSR count). The highest BCUT2D eigenvalue weighted by atomic mass is 19.4. The topological polar surface area (TPSA) is 25.8 Å². The van der Waals surface area contributed by atoms with Crippen molar-refractivity contribution in [2.24, 2.45) is 0 Å². The van der Waals surface area contributed by atoms with Crippen LogP contribution in [0.2, 0.25) is 0 Å². The standard InChI is InChI=1S/C28H17F7N2/c1-2-3-16-14-36-27(37-15-16)18-5-7-20(24(30)11-18)17-4-6-21(23(29)10-17)19-12-25(31)22(26(32)13-19)8-9-28(33,34)35/h4-7,10-15H,2-3H2,1H3. The van der Waals surface area contributed by atoms with E-state index in [2.05, 4.69) is 9.97 Å². The van der Waals surface area contributed by atoms with Crippen molar-refractivity contribution in [2.75, 3.05) is 0 Å². The van der Waals surface area contributed by atoms with Crippen molar-refractivity contribution in [3.8, 4) is 45.5 Å². The van der Waals surface area contributed by atoms with Crippen LogP contribution in [-0.2, 0) is 6.42 Å². The van der Waals surface area contributed by atoms with Gasteiger partial charge in [0.1, 0.15) is 23.3 Å². The lowest BCUT2D eigenvalue weighted by atomic mass is 9.97. The Labute approximate surface area is 207 Å². The third kappa shape index (κ3) is 5.97. The lowest BCUT2D eigenvalue weighted by Gasteiger charge is -2.10. The van der Waals surface area contributed by atoms with Crippen LogP contribution in [0.1, 0.15) is 24.5 Å². The molecule has 0 spiro atoms. The van der Waals surface area contributed by atoms with E-state index in [0.717, 1.165) is 30.4 Å². The Morgan fingerprint density at radius 1 is 0.703 bits per heavy atom. The van der Waals surface area contributed by atoms with Crippen molar-refractivity contribution in [3.63, 3.8) is 0 Å². The number of aryl methyl sites for hydroxylation is 1. The molecule has 3 aromatic carbocycles. The van der Waals surface area contributed by atoms with E-state index in [1.807, 2.05) is 6.92 Å². The second-order valence-electron chi connectivity index (χ2n) is 8.12. The average molecular weight is 514 g/mol. The first-order chi connectivity index (χ1) is 17.6. The molecule has 0 aliphatic rings. The summed E-state index contributed by atoms with van der Waals surface area (Å²) < 4.78 is 95.1. The van der Waals surface area contributed by atoms with Gasteiger partial charge in [-0.3, -0.25) is 0 Å². The van der Waals surface area contributed by atoms with E-state index in [-0.39, 0.29) is 22.3 Å². The molecule has 0 saturated carbocycles. The molecule has 188 valence electrons. The van der Waals surface area contributed by atoms with Gasteiger partial charge >= 0.3 is 6.18 Å². The number of alkyl halides is 3. The summed E-state index contributed by atoms with van der Waals surface area (Å²) in [4.78, 5) is 8.50. The van der Waals surface area contributed by atoms with Gasteiger partial charge in [0.25, 0.3) is 0 Å². The predicted molar refractivity (Wildman–Crippen MR) is 125 cm³/mol. The van der Waals surface area contributed by atoms with Crippen LogP contribution in [0.5, 0.6) is 0 Å². The number of hydrogen-bond acceptors (Lipinski definition) is 2. The maximum atomic E-state index is 14.9. The van der Waals surface area contributed by atoms with Crippen LogP contribution in [0.3, 0.4) is 0 Å². The van der Waals surface area contributed by atoms with Crippen LogP contribution in [0.15, 0.2) is 60.9 Å². The Morgan fingerprint density at radius 2 is 1.22 bits per heavy atom. The molecule has 0 unspecified atom stereocenters. The molecular formula is C28H17F7N2. The summed E-state index contributed by atoms with van der Waals surface area (Å²) in [6.45, 7) is 2.03. The van der Waals surface area contributed by atoms with E-state index in [9.17, 15) is 30.7 Å². The van der Waals surface area contributed by atoms with Gasteiger partial charge in [0.05, 0.1) is 5.56 Å². The van der Waals surface area contributed by atoms with Crippen molar-refractivity contribution in [1.82, 2.24) is 9.97 Å². The Kier molecular flexibility index (Phi) is 7.30. The van der Waals surface area contributed by atoms with Crippen LogP contribution in [0, 0.1) is 35.1 Å². The maximum absolute atomic E-state index is 14.9. The number of benzene rings is 3. The molecule has 1 heterocycles. The fourth-order valence-electron chi connectivity index (χ4n) is 3.71. The summed E-state index contributed by atoms with van der Waals surface area (Å²) >= 11 is 0. The van der Waals surface area contributed by atoms with Crippen molar-refractivity contribution >= 4 is 0 Å². The summed E-state index contributed by atoms with van der Waals surface area (Å²) in [5.74, 6) is -1.78. The number of nitrogens with zero attached hydrogens (tertiary/aromatic N) is 2. The summed E-state index contributed by atoms with van der Waals surface area (Å²) in [5, 5.41) is 0. The lowest BCUT2D eigenvalue weighted by molar-refractivity contribution is -0.0696. The van der Waals surface area contributed by atoms with Crippen LogP contribution >= 0.6 is 0 Å². The Bertz CT molecular complexity index is 1490. The van der Waals surface area contributed by atoms with Crippen molar-refractivity contribution in [2.45, 2.75) is 25.9 Å². The number of hydrogen-bond donors (Lipinski definition) is 0. The number of halogens is 7. The second-order valence-corrected chi connectivity index (χ2v) is 8.12. The van der Waals surface area contributed by atoms with E-state index in [0.29, 0.717) is 23.5 Å². The first-order valence-corrected chi connectivity index (χ1v) is 11.1. The Morgan fingerprint density at radius 3 is 1.76 bits per heavy atom. The van der Waals surface area contributed by atoms with E-state index >= 15 is 0 Å². The SMILES string of the molecule is CCCc1cnc(-c2ccc(-c3ccc(-c4cc(F)c(C#CC(F)(F)F)c(F)c4)c(F)c3)c(F)c2)nc1. The van der Waals surface area contributed by atoms with Crippen molar-refractivity contribution < 1.29 is 30.7 Å². The Hall–Kier alpha value is -4.19. The zero-order chi connectivity index (χ0) is 26.7. The summed E-state index contributed by atoms with van der Waals surface area (Å²) in [5.41, 5.74) is 0.0727. The highest BCUT2D eigenvalue weighted by Gasteiger charge is 2.24. The molecule has 9 heteroatoms. The van der Waals surface area contributed by atoms with Gasteiger partial charge in [-0.25, -0.2) is 27.5 Å². The molecule has 0 bridgehead atoms. The van der Waals surface area contributed by atoms with Crippen LogP contribution in [0.4, 0.5) is 30.7 Å². The minimum Gasteiger partial charge on any atom is -0.236 e. The first kappa shape index (κ1) is 25.9. The normalized spacial score (nSPS) is 11.2. The molecule has 2 nitrogen and oxygen atoms in total. The van der Waals surface area contributed by atoms with Gasteiger partial charge in [-0.15, -0.1) is 0 Å². The molecule has 0 radical (unpaired) electrons. The monoisotopic (exact) mass is 514 g/mol. The lowest BCUT2D eigenvalue weighted by Crippen LogP contribution is -2.02. The van der Waals surface area contributed by atoms with E-state index in [1.54, 1.807) is 18.5 Å². The highest BCUT2D eigenvalue weighted by molar-refractivity contribution is 5.73. The third-order valence-electron chi connectivity index (χ3n) is 5.43. The third-order valence-corrected chi connectivity index (χ3v) is 5.43. The molecule has 37 heavy (non-hydrogen) atoms. The largest absolute Gasteiger partial charge is 0.458 e. The van der Waals surface area contributed by atoms with Gasteiger partial charge in [0.15, 0.2) is 5.82 Å². The zero-order valence-corrected chi connectivity index (χ0v) is 19.2. The molecular weight excluding hydrogens is 497 g/mol. The molecule has 0 atom stereocenters. The van der Waals surface area contributed by atoms with Gasteiger partial charge in [-0.05, 0) is 47.4 Å². The molecule has 0 saturated heterocycles. The molecule has 0 fully saturated rings. The zero-order valence-electron chi connectivity index (χ0n) is 19.2. The molecule has 1 aromatic heterocycles. The fraction of sp³-hybridized carbons (Fsp3) is 0.143. The highest BCUT2D eigenvalue weighted by Crippen LogP contribution is 2.32. The number of rotatable bonds is 5. The first-order valence-electron chi connectivity index (χ1n) is 11.1. The van der Waals surface area contributed by atoms with Gasteiger partial charge < -0.3 is 0 Å². The summed E-state index contributed by atoms with van der Waals surface area (Å²) in [6, 6.07) is 9.17. The van der Waals surface area contributed by atoms with E-state index < -0.39 is 35.0 Å². The average Bonchev–Trinajstić information content (AvgIpc) is 2.83. The van der Waals surface area contributed by atoms with Crippen molar-refractivity contribution in [1.29, 1.82) is 0 Å². The molecule has 0 aliphatic carbocycles. The molecule has 0 aliphatic heterocycles. The maximum Gasteiger partial charge on any atom is 0.458 e. The number of aromatic nitrogens is 2.